The standard InChI is InChI=1S/C17H26N2OS/c1-17(2,14-5-3-8-18-11-14)16(20)19-9-4-6-15(19)13-7-10-21-12-13/h7,10,12,14-15,18H,3-6,8-9,11H2,1-2H3. The lowest BCUT2D eigenvalue weighted by Crippen LogP contribution is -2.48. The summed E-state index contributed by atoms with van der Waals surface area (Å²) in [7, 11) is 0. The summed E-state index contributed by atoms with van der Waals surface area (Å²) in [6, 6.07) is 2.48. The van der Waals surface area contributed by atoms with Gasteiger partial charge in [0.2, 0.25) is 5.91 Å². The van der Waals surface area contributed by atoms with Crippen molar-refractivity contribution in [3.05, 3.63) is 22.4 Å². The minimum atomic E-state index is -0.258. The number of piperidine rings is 1. The van der Waals surface area contributed by atoms with E-state index in [1.165, 1.54) is 18.4 Å². The zero-order valence-corrected chi connectivity index (χ0v) is 13.9. The van der Waals surface area contributed by atoms with Crippen molar-refractivity contribution in [1.82, 2.24) is 10.2 Å². The maximum atomic E-state index is 13.2. The molecule has 0 saturated carbocycles. The van der Waals surface area contributed by atoms with E-state index in [0.29, 0.717) is 17.9 Å². The van der Waals surface area contributed by atoms with Crippen LogP contribution in [0.4, 0.5) is 0 Å². The minimum absolute atomic E-state index is 0.258. The van der Waals surface area contributed by atoms with Crippen molar-refractivity contribution in [3.63, 3.8) is 0 Å². The molecule has 2 unspecified atom stereocenters. The van der Waals surface area contributed by atoms with Crippen molar-refractivity contribution >= 4 is 17.2 Å². The van der Waals surface area contributed by atoms with Crippen LogP contribution in [0.15, 0.2) is 16.8 Å². The van der Waals surface area contributed by atoms with Gasteiger partial charge in [0.05, 0.1) is 6.04 Å². The Labute approximate surface area is 131 Å². The molecule has 4 heteroatoms. The van der Waals surface area contributed by atoms with Gasteiger partial charge in [0.1, 0.15) is 0 Å². The van der Waals surface area contributed by atoms with Crippen LogP contribution in [-0.4, -0.2) is 30.4 Å². The van der Waals surface area contributed by atoms with Crippen LogP contribution in [0.1, 0.15) is 51.1 Å². The molecule has 2 fully saturated rings. The van der Waals surface area contributed by atoms with Crippen LogP contribution < -0.4 is 5.32 Å². The summed E-state index contributed by atoms with van der Waals surface area (Å²) < 4.78 is 0. The molecule has 3 rings (SSSR count). The molecule has 0 bridgehead atoms. The number of carbonyl (C=O) groups excluding carboxylic acids is 1. The number of amides is 1. The largest absolute Gasteiger partial charge is 0.335 e. The lowest BCUT2D eigenvalue weighted by Gasteiger charge is -2.40. The second-order valence-electron chi connectivity index (χ2n) is 6.98. The molecule has 1 aromatic heterocycles. The van der Waals surface area contributed by atoms with E-state index in [1.807, 2.05) is 0 Å². The first-order chi connectivity index (χ1) is 10.1. The summed E-state index contributed by atoms with van der Waals surface area (Å²) in [6.45, 7) is 7.30. The van der Waals surface area contributed by atoms with Crippen molar-refractivity contribution in [2.24, 2.45) is 11.3 Å². The summed E-state index contributed by atoms with van der Waals surface area (Å²) >= 11 is 1.73. The highest BCUT2D eigenvalue weighted by Crippen LogP contribution is 2.40. The first-order valence-electron chi connectivity index (χ1n) is 8.14. The third kappa shape index (κ3) is 2.88. The Morgan fingerprint density at radius 1 is 1.38 bits per heavy atom. The molecule has 116 valence electrons. The van der Waals surface area contributed by atoms with E-state index in [1.54, 1.807) is 11.3 Å². The molecule has 2 atom stereocenters. The summed E-state index contributed by atoms with van der Waals surface area (Å²) in [5.41, 5.74) is 1.06. The van der Waals surface area contributed by atoms with Gasteiger partial charge >= 0.3 is 0 Å². The summed E-state index contributed by atoms with van der Waals surface area (Å²) in [4.78, 5) is 15.3. The van der Waals surface area contributed by atoms with Crippen LogP contribution in [0.25, 0.3) is 0 Å². The molecule has 1 N–H and O–H groups in total. The van der Waals surface area contributed by atoms with Gasteiger partial charge in [-0.25, -0.2) is 0 Å². The van der Waals surface area contributed by atoms with Gasteiger partial charge in [0.25, 0.3) is 0 Å². The van der Waals surface area contributed by atoms with Crippen molar-refractivity contribution in [3.8, 4) is 0 Å². The highest BCUT2D eigenvalue weighted by molar-refractivity contribution is 7.07. The van der Waals surface area contributed by atoms with Crippen molar-refractivity contribution in [1.29, 1.82) is 0 Å². The molecular weight excluding hydrogens is 280 g/mol. The van der Waals surface area contributed by atoms with E-state index in [-0.39, 0.29) is 5.41 Å². The molecule has 2 aliphatic heterocycles. The zero-order valence-electron chi connectivity index (χ0n) is 13.1. The molecular formula is C17H26N2OS. The second kappa shape index (κ2) is 6.09. The van der Waals surface area contributed by atoms with Crippen LogP contribution in [0.3, 0.4) is 0 Å². The number of nitrogens with one attached hydrogen (secondary N) is 1. The molecule has 0 spiro atoms. The molecule has 0 aromatic carbocycles. The smallest absolute Gasteiger partial charge is 0.229 e. The maximum absolute atomic E-state index is 13.2. The Balaban J connectivity index is 1.76. The number of rotatable bonds is 3. The average Bonchev–Trinajstić information content (AvgIpc) is 3.18. The summed E-state index contributed by atoms with van der Waals surface area (Å²) in [6.07, 6.45) is 4.60. The van der Waals surface area contributed by atoms with Crippen LogP contribution in [0.5, 0.6) is 0 Å². The highest BCUT2D eigenvalue weighted by Gasteiger charge is 2.43. The highest BCUT2D eigenvalue weighted by atomic mass is 32.1. The Hall–Kier alpha value is -0.870. The minimum Gasteiger partial charge on any atom is -0.335 e. The number of hydrogen-bond acceptors (Lipinski definition) is 3. The van der Waals surface area contributed by atoms with E-state index in [4.69, 9.17) is 0 Å². The van der Waals surface area contributed by atoms with E-state index in [2.05, 4.69) is 40.9 Å². The first-order valence-corrected chi connectivity index (χ1v) is 9.09. The number of carbonyl (C=O) groups is 1. The van der Waals surface area contributed by atoms with Gasteiger partial charge in [0, 0.05) is 12.0 Å². The first kappa shape index (κ1) is 15.0. The Morgan fingerprint density at radius 3 is 2.90 bits per heavy atom. The molecule has 3 nitrogen and oxygen atoms in total. The van der Waals surface area contributed by atoms with Gasteiger partial charge in [-0.1, -0.05) is 13.8 Å². The number of likely N-dealkylation sites (tertiary alicyclic amines) is 1. The lowest BCUT2D eigenvalue weighted by molar-refractivity contribution is -0.144. The normalized spacial score (nSPS) is 27.0. The van der Waals surface area contributed by atoms with Gasteiger partial charge in [0.15, 0.2) is 0 Å². The van der Waals surface area contributed by atoms with Gasteiger partial charge in [-0.3, -0.25) is 4.79 Å². The fourth-order valence-electron chi connectivity index (χ4n) is 3.83. The van der Waals surface area contributed by atoms with Gasteiger partial charge < -0.3 is 10.2 Å². The molecule has 2 aliphatic rings. The third-order valence-corrected chi connectivity index (χ3v) is 6.01. The third-order valence-electron chi connectivity index (χ3n) is 5.31. The SMILES string of the molecule is CC(C)(C(=O)N1CCCC1c1ccsc1)C1CCCNC1. The quantitative estimate of drug-likeness (QED) is 0.928. The zero-order chi connectivity index (χ0) is 14.9. The van der Waals surface area contributed by atoms with Crippen molar-refractivity contribution < 1.29 is 4.79 Å². The van der Waals surface area contributed by atoms with Gasteiger partial charge in [-0.15, -0.1) is 0 Å². The Kier molecular flexibility index (Phi) is 4.36. The summed E-state index contributed by atoms with van der Waals surface area (Å²) in [5.74, 6) is 0.812. The molecule has 1 amide bonds. The topological polar surface area (TPSA) is 32.3 Å². The van der Waals surface area contributed by atoms with Gasteiger partial charge in [-0.05, 0) is 67.1 Å². The van der Waals surface area contributed by atoms with E-state index >= 15 is 0 Å². The molecule has 21 heavy (non-hydrogen) atoms. The Bertz CT molecular complexity index is 477. The van der Waals surface area contributed by atoms with E-state index in [0.717, 1.165) is 32.5 Å². The lowest BCUT2D eigenvalue weighted by atomic mass is 9.74. The fraction of sp³-hybridized carbons (Fsp3) is 0.706. The predicted molar refractivity (Wildman–Crippen MR) is 87.4 cm³/mol. The molecule has 1 aromatic rings. The maximum Gasteiger partial charge on any atom is 0.229 e. The predicted octanol–water partition coefficient (Wildman–Crippen LogP) is 3.44. The fourth-order valence-corrected chi connectivity index (χ4v) is 4.54. The summed E-state index contributed by atoms with van der Waals surface area (Å²) in [5, 5.41) is 7.77. The number of nitrogens with zero attached hydrogens (tertiary/aromatic N) is 1. The van der Waals surface area contributed by atoms with E-state index in [9.17, 15) is 4.79 Å². The molecule has 0 radical (unpaired) electrons. The number of thiophene rings is 1. The average molecular weight is 306 g/mol. The molecule has 3 heterocycles. The molecule has 0 aliphatic carbocycles. The molecule has 2 saturated heterocycles. The van der Waals surface area contributed by atoms with Crippen LogP contribution in [0.2, 0.25) is 0 Å². The second-order valence-corrected chi connectivity index (χ2v) is 7.76. The van der Waals surface area contributed by atoms with Crippen molar-refractivity contribution in [2.45, 2.75) is 45.6 Å². The van der Waals surface area contributed by atoms with Crippen LogP contribution in [-0.2, 0) is 4.79 Å². The van der Waals surface area contributed by atoms with E-state index < -0.39 is 0 Å². The monoisotopic (exact) mass is 306 g/mol. The van der Waals surface area contributed by atoms with Crippen molar-refractivity contribution in [2.75, 3.05) is 19.6 Å². The Morgan fingerprint density at radius 2 is 2.24 bits per heavy atom. The van der Waals surface area contributed by atoms with Crippen LogP contribution >= 0.6 is 11.3 Å². The number of hydrogen-bond donors (Lipinski definition) is 1. The van der Waals surface area contributed by atoms with Crippen LogP contribution in [0, 0.1) is 11.3 Å². The van der Waals surface area contributed by atoms with Gasteiger partial charge in [-0.2, -0.15) is 11.3 Å².